The van der Waals surface area contributed by atoms with Crippen LogP contribution in [0.4, 0.5) is 5.69 Å². The maximum absolute atomic E-state index is 12.8. The molecule has 0 fully saturated rings. The summed E-state index contributed by atoms with van der Waals surface area (Å²) >= 11 is 1.75. The van der Waals surface area contributed by atoms with Crippen LogP contribution in [0.2, 0.25) is 0 Å². The quantitative estimate of drug-likeness (QED) is 0.612. The van der Waals surface area contributed by atoms with E-state index in [1.807, 2.05) is 44.2 Å². The van der Waals surface area contributed by atoms with Crippen molar-refractivity contribution in [2.75, 3.05) is 18.1 Å². The molecule has 3 aromatic rings. The number of ether oxygens (including phenoxy) is 1. The van der Waals surface area contributed by atoms with Gasteiger partial charge in [0.1, 0.15) is 0 Å². The van der Waals surface area contributed by atoms with Crippen LogP contribution in [0.1, 0.15) is 35.4 Å². The van der Waals surface area contributed by atoms with Crippen molar-refractivity contribution in [2.45, 2.75) is 37.3 Å². The van der Waals surface area contributed by atoms with Gasteiger partial charge < -0.3 is 9.64 Å². The number of rotatable bonds is 3. The smallest absolute Gasteiger partial charge is 0.378 e. The van der Waals surface area contributed by atoms with Crippen molar-refractivity contribution in [3.05, 3.63) is 47.5 Å². The maximum Gasteiger partial charge on any atom is 0.378 e. The molecule has 1 aromatic carbocycles. The number of carbonyl (C=O) groups is 2. The van der Waals surface area contributed by atoms with E-state index in [4.69, 9.17) is 4.74 Å². The molecule has 0 aliphatic carbocycles. The van der Waals surface area contributed by atoms with E-state index in [1.54, 1.807) is 16.7 Å². The van der Waals surface area contributed by atoms with E-state index in [9.17, 15) is 9.59 Å². The average molecular weight is 411 g/mol. The monoisotopic (exact) mass is 411 g/mol. The number of carbonyl (C=O) groups excluding carboxylic acids is 2. The van der Waals surface area contributed by atoms with Crippen molar-refractivity contribution in [1.82, 2.24) is 19.6 Å². The second-order valence-corrected chi connectivity index (χ2v) is 8.47. The molecule has 0 bridgehead atoms. The Morgan fingerprint density at radius 2 is 2.03 bits per heavy atom. The zero-order chi connectivity index (χ0) is 20.5. The number of aryl methyl sites for hydroxylation is 2. The second-order valence-electron chi connectivity index (χ2n) is 6.99. The first kappa shape index (κ1) is 19.4. The van der Waals surface area contributed by atoms with Gasteiger partial charge in [0.15, 0.2) is 6.61 Å². The van der Waals surface area contributed by atoms with Gasteiger partial charge in [0.25, 0.3) is 17.5 Å². The summed E-state index contributed by atoms with van der Waals surface area (Å²) in [6.07, 6.45) is 0.858. The predicted molar refractivity (Wildman–Crippen MR) is 109 cm³/mol. The van der Waals surface area contributed by atoms with E-state index in [-0.39, 0.29) is 18.3 Å². The minimum absolute atomic E-state index is 0.112. The number of fused-ring (bicyclic) bond motifs is 2. The van der Waals surface area contributed by atoms with Crippen LogP contribution in [0.3, 0.4) is 0 Å². The molecular formula is C20H21N5O3S. The van der Waals surface area contributed by atoms with Gasteiger partial charge in [0.05, 0.1) is 5.69 Å². The summed E-state index contributed by atoms with van der Waals surface area (Å²) in [6.45, 7) is 6.05. The summed E-state index contributed by atoms with van der Waals surface area (Å²) in [5.74, 6) is -0.797. The largest absolute Gasteiger partial charge is 0.450 e. The predicted octanol–water partition coefficient (Wildman–Crippen LogP) is 2.82. The second kappa shape index (κ2) is 7.82. The Kier molecular flexibility index (Phi) is 5.23. The highest BCUT2D eigenvalue weighted by Crippen LogP contribution is 2.37. The molecule has 0 radical (unpaired) electrons. The molecule has 1 aliphatic heterocycles. The number of hydrogen-bond donors (Lipinski definition) is 0. The fraction of sp³-hybridized carbons (Fsp3) is 0.350. The third-order valence-electron chi connectivity index (χ3n) is 4.67. The van der Waals surface area contributed by atoms with Crippen LogP contribution in [-0.4, -0.2) is 49.9 Å². The fourth-order valence-electron chi connectivity index (χ4n) is 3.27. The number of hydrogen-bond acceptors (Lipinski definition) is 7. The Hall–Kier alpha value is -2.94. The molecule has 8 nitrogen and oxygen atoms in total. The zero-order valence-electron chi connectivity index (χ0n) is 16.5. The first-order valence-electron chi connectivity index (χ1n) is 9.36. The van der Waals surface area contributed by atoms with Crippen LogP contribution in [0.5, 0.6) is 0 Å². The number of benzene rings is 1. The van der Waals surface area contributed by atoms with E-state index < -0.39 is 5.97 Å². The number of para-hydroxylation sites is 1. The molecular weight excluding hydrogens is 390 g/mol. The maximum atomic E-state index is 12.8. The Balaban J connectivity index is 1.48. The topological polar surface area (TPSA) is 89.7 Å². The number of anilines is 1. The van der Waals surface area contributed by atoms with Gasteiger partial charge in [-0.15, -0.1) is 16.9 Å². The molecule has 1 aliphatic rings. The Morgan fingerprint density at radius 1 is 1.24 bits per heavy atom. The molecule has 0 spiro atoms. The lowest BCUT2D eigenvalue weighted by Crippen LogP contribution is -2.35. The van der Waals surface area contributed by atoms with Crippen LogP contribution in [0.25, 0.3) is 5.78 Å². The molecule has 1 atom stereocenters. The van der Waals surface area contributed by atoms with Crippen LogP contribution in [0.15, 0.2) is 35.2 Å². The summed E-state index contributed by atoms with van der Waals surface area (Å²) < 4.78 is 6.70. The van der Waals surface area contributed by atoms with Gasteiger partial charge in [-0.05, 0) is 38.5 Å². The standard InChI is InChI=1S/C20H21N5O3S/c1-12-10-13(2)25-20(21-12)22-18(23-25)19(27)28-11-17(26)24-9-8-14(3)29-16-7-5-4-6-15(16)24/h4-7,10,14H,8-9,11H2,1-3H3/t14-/m0/s1. The molecule has 0 saturated heterocycles. The molecule has 9 heteroatoms. The summed E-state index contributed by atoms with van der Waals surface area (Å²) in [7, 11) is 0. The highest BCUT2D eigenvalue weighted by Gasteiger charge is 2.25. The van der Waals surface area contributed by atoms with E-state index in [0.29, 0.717) is 17.6 Å². The van der Waals surface area contributed by atoms with Crippen molar-refractivity contribution < 1.29 is 14.3 Å². The number of amides is 1. The van der Waals surface area contributed by atoms with Crippen molar-refractivity contribution in [3.8, 4) is 0 Å². The van der Waals surface area contributed by atoms with Gasteiger partial charge in [0, 0.05) is 28.1 Å². The van der Waals surface area contributed by atoms with Crippen LogP contribution < -0.4 is 4.90 Å². The fourth-order valence-corrected chi connectivity index (χ4v) is 4.38. The first-order valence-corrected chi connectivity index (χ1v) is 10.2. The first-order chi connectivity index (χ1) is 13.9. The lowest BCUT2D eigenvalue weighted by Gasteiger charge is -2.22. The third kappa shape index (κ3) is 3.95. The molecule has 3 heterocycles. The number of aromatic nitrogens is 4. The van der Waals surface area contributed by atoms with Crippen LogP contribution >= 0.6 is 11.8 Å². The van der Waals surface area contributed by atoms with Gasteiger partial charge in [-0.25, -0.2) is 14.3 Å². The Bertz CT molecular complexity index is 1100. The van der Waals surface area contributed by atoms with E-state index in [1.165, 1.54) is 4.52 Å². The van der Waals surface area contributed by atoms with Crippen LogP contribution in [-0.2, 0) is 9.53 Å². The molecule has 0 N–H and O–H groups in total. The zero-order valence-corrected chi connectivity index (χ0v) is 17.3. The lowest BCUT2D eigenvalue weighted by molar-refractivity contribution is -0.121. The van der Waals surface area contributed by atoms with Crippen molar-refractivity contribution in [2.24, 2.45) is 0 Å². The van der Waals surface area contributed by atoms with Crippen molar-refractivity contribution in [3.63, 3.8) is 0 Å². The van der Waals surface area contributed by atoms with E-state index in [2.05, 4.69) is 22.0 Å². The Morgan fingerprint density at radius 3 is 2.86 bits per heavy atom. The van der Waals surface area contributed by atoms with E-state index in [0.717, 1.165) is 28.4 Å². The highest BCUT2D eigenvalue weighted by atomic mass is 32.2. The molecule has 1 amide bonds. The van der Waals surface area contributed by atoms with Gasteiger partial charge in [0.2, 0.25) is 0 Å². The van der Waals surface area contributed by atoms with E-state index >= 15 is 0 Å². The minimum atomic E-state index is -0.744. The molecule has 29 heavy (non-hydrogen) atoms. The van der Waals surface area contributed by atoms with Gasteiger partial charge >= 0.3 is 5.97 Å². The summed E-state index contributed by atoms with van der Waals surface area (Å²) in [5.41, 5.74) is 2.44. The average Bonchev–Trinajstić information content (AvgIpc) is 3.04. The van der Waals surface area contributed by atoms with Gasteiger partial charge in [-0.2, -0.15) is 4.98 Å². The molecule has 0 unspecified atom stereocenters. The van der Waals surface area contributed by atoms with Gasteiger partial charge in [-0.3, -0.25) is 4.79 Å². The van der Waals surface area contributed by atoms with Crippen LogP contribution in [0, 0.1) is 13.8 Å². The highest BCUT2D eigenvalue weighted by molar-refractivity contribution is 8.00. The number of nitrogens with zero attached hydrogens (tertiary/aromatic N) is 5. The normalized spacial score (nSPS) is 16.4. The minimum Gasteiger partial charge on any atom is -0.450 e. The summed E-state index contributed by atoms with van der Waals surface area (Å²) in [4.78, 5) is 36.3. The molecule has 2 aromatic heterocycles. The molecule has 0 saturated carbocycles. The SMILES string of the molecule is Cc1cc(C)n2nc(C(=O)OCC(=O)N3CC[C@H](C)Sc4ccccc43)nc2n1. The number of esters is 1. The number of thioether (sulfide) groups is 1. The van der Waals surface area contributed by atoms with Crippen molar-refractivity contribution in [1.29, 1.82) is 0 Å². The third-order valence-corrected chi connectivity index (χ3v) is 5.91. The van der Waals surface area contributed by atoms with Gasteiger partial charge in [-0.1, -0.05) is 19.1 Å². The summed E-state index contributed by atoms with van der Waals surface area (Å²) in [6, 6.07) is 9.63. The Labute approximate surface area is 172 Å². The van der Waals surface area contributed by atoms with Crippen molar-refractivity contribution >= 4 is 35.1 Å². The lowest BCUT2D eigenvalue weighted by atomic mass is 10.2. The molecule has 150 valence electrons. The summed E-state index contributed by atoms with van der Waals surface area (Å²) in [5, 5.41) is 4.55. The molecule has 4 rings (SSSR count).